The molecule has 1 aliphatic heterocycles. The molecule has 70 valence electrons. The van der Waals surface area contributed by atoms with Crippen LogP contribution in [0, 0.1) is 5.92 Å². The highest BCUT2D eigenvalue weighted by Gasteiger charge is 2.26. The number of esters is 1. The molecule has 0 saturated carbocycles. The monoisotopic (exact) mass is 172 g/mol. The zero-order valence-electron chi connectivity index (χ0n) is 7.93. The molecule has 1 fully saturated rings. The van der Waals surface area contributed by atoms with Crippen molar-refractivity contribution in [2.45, 2.75) is 19.8 Å². The van der Waals surface area contributed by atoms with Gasteiger partial charge in [-0.1, -0.05) is 0 Å². The van der Waals surface area contributed by atoms with E-state index in [0.29, 0.717) is 6.61 Å². The summed E-state index contributed by atoms with van der Waals surface area (Å²) >= 11 is 0. The van der Waals surface area contributed by atoms with Gasteiger partial charge in [0.25, 0.3) is 0 Å². The smallest absolute Gasteiger partial charge is 0.309 e. The second kappa shape index (κ2) is 4.45. The number of rotatable bonds is 2. The van der Waals surface area contributed by atoms with Gasteiger partial charge in [-0.15, -0.1) is 0 Å². The first-order valence-corrected chi connectivity index (χ1v) is 4.72. The molecule has 0 aromatic carbocycles. The van der Waals surface area contributed by atoms with Crippen molar-refractivity contribution in [3.63, 3.8) is 0 Å². The summed E-state index contributed by atoms with van der Waals surface area (Å²) < 4.78 is 4.97. The first-order valence-electron chi connectivity index (χ1n) is 4.72. The van der Waals surface area contributed by atoms with Gasteiger partial charge in [0.2, 0.25) is 0 Å². The quantitative estimate of drug-likeness (QED) is 0.568. The van der Waals surface area contributed by atoms with E-state index in [1.54, 1.807) is 0 Å². The van der Waals surface area contributed by atoms with Crippen molar-refractivity contribution in [2.75, 3.05) is 26.7 Å². The Morgan fingerprint density at radius 3 is 2.58 bits per heavy atom. The standard InChI is InChI=1S/C9H17NO2/c1-3-12-9(11)8-4-6-10(2)7-5-8/h8H,3-7H2,1-2H3/p+1. The van der Waals surface area contributed by atoms with Crippen LogP contribution < -0.4 is 4.90 Å². The lowest BCUT2D eigenvalue weighted by molar-refractivity contribution is -0.885. The molecule has 0 aliphatic carbocycles. The summed E-state index contributed by atoms with van der Waals surface area (Å²) in [4.78, 5) is 12.8. The molecule has 1 aliphatic rings. The van der Waals surface area contributed by atoms with Gasteiger partial charge in [-0.2, -0.15) is 0 Å². The van der Waals surface area contributed by atoms with Gasteiger partial charge in [0.05, 0.1) is 32.7 Å². The largest absolute Gasteiger partial charge is 0.466 e. The Morgan fingerprint density at radius 1 is 1.50 bits per heavy atom. The van der Waals surface area contributed by atoms with E-state index in [9.17, 15) is 4.79 Å². The van der Waals surface area contributed by atoms with E-state index in [2.05, 4.69) is 7.05 Å². The summed E-state index contributed by atoms with van der Waals surface area (Å²) in [5.74, 6) is 0.179. The lowest BCUT2D eigenvalue weighted by Crippen LogP contribution is -3.10. The van der Waals surface area contributed by atoms with E-state index in [-0.39, 0.29) is 11.9 Å². The van der Waals surface area contributed by atoms with Crippen LogP contribution in [-0.4, -0.2) is 32.7 Å². The Kier molecular flexibility index (Phi) is 3.53. The fourth-order valence-electron chi connectivity index (χ4n) is 1.61. The number of piperidine rings is 1. The second-order valence-electron chi connectivity index (χ2n) is 3.48. The molecule has 0 aromatic heterocycles. The highest BCUT2D eigenvalue weighted by atomic mass is 16.5. The molecule has 1 heterocycles. The molecular formula is C9H18NO2+. The molecule has 0 radical (unpaired) electrons. The molecule has 0 aromatic rings. The fourth-order valence-corrected chi connectivity index (χ4v) is 1.61. The van der Waals surface area contributed by atoms with E-state index in [4.69, 9.17) is 4.74 Å². The van der Waals surface area contributed by atoms with Gasteiger partial charge in [0, 0.05) is 12.8 Å². The van der Waals surface area contributed by atoms with Gasteiger partial charge in [-0.3, -0.25) is 4.79 Å². The third-order valence-corrected chi connectivity index (χ3v) is 2.46. The molecule has 0 amide bonds. The minimum atomic E-state index is 0.00463. The predicted molar refractivity (Wildman–Crippen MR) is 46.0 cm³/mol. The Balaban J connectivity index is 2.29. The van der Waals surface area contributed by atoms with Gasteiger partial charge in [0.1, 0.15) is 0 Å². The van der Waals surface area contributed by atoms with Gasteiger partial charge in [-0.25, -0.2) is 0 Å². The predicted octanol–water partition coefficient (Wildman–Crippen LogP) is -0.526. The van der Waals surface area contributed by atoms with Crippen LogP contribution in [0.2, 0.25) is 0 Å². The molecule has 1 saturated heterocycles. The summed E-state index contributed by atoms with van der Waals surface area (Å²) in [5, 5.41) is 0. The molecule has 1 rings (SSSR count). The molecule has 0 unspecified atom stereocenters. The first kappa shape index (κ1) is 9.52. The van der Waals surface area contributed by atoms with Crippen LogP contribution in [0.5, 0.6) is 0 Å². The minimum absolute atomic E-state index is 0.00463. The maximum Gasteiger partial charge on any atom is 0.309 e. The summed E-state index contributed by atoms with van der Waals surface area (Å²) in [7, 11) is 2.17. The van der Waals surface area contributed by atoms with Crippen molar-refractivity contribution >= 4 is 5.97 Å². The molecular weight excluding hydrogens is 154 g/mol. The van der Waals surface area contributed by atoms with Crippen molar-refractivity contribution in [3.8, 4) is 0 Å². The molecule has 0 spiro atoms. The third-order valence-electron chi connectivity index (χ3n) is 2.46. The first-order chi connectivity index (χ1) is 5.74. The summed E-state index contributed by atoms with van der Waals surface area (Å²) in [6.07, 6.45) is 1.98. The van der Waals surface area contributed by atoms with Gasteiger partial charge in [-0.05, 0) is 6.92 Å². The van der Waals surface area contributed by atoms with Crippen LogP contribution in [0.1, 0.15) is 19.8 Å². The zero-order chi connectivity index (χ0) is 8.97. The molecule has 12 heavy (non-hydrogen) atoms. The van der Waals surface area contributed by atoms with E-state index in [0.717, 1.165) is 25.9 Å². The lowest BCUT2D eigenvalue weighted by Gasteiger charge is -2.24. The lowest BCUT2D eigenvalue weighted by atomic mass is 9.97. The highest BCUT2D eigenvalue weighted by molar-refractivity contribution is 5.72. The molecule has 0 bridgehead atoms. The highest BCUT2D eigenvalue weighted by Crippen LogP contribution is 2.10. The van der Waals surface area contributed by atoms with Crippen molar-refractivity contribution in [1.29, 1.82) is 0 Å². The van der Waals surface area contributed by atoms with Crippen molar-refractivity contribution in [3.05, 3.63) is 0 Å². The molecule has 1 N–H and O–H groups in total. The summed E-state index contributed by atoms with van der Waals surface area (Å²) in [6, 6.07) is 0. The van der Waals surface area contributed by atoms with Gasteiger partial charge < -0.3 is 9.64 Å². The number of carbonyl (C=O) groups excluding carboxylic acids is 1. The zero-order valence-corrected chi connectivity index (χ0v) is 7.93. The molecule has 0 atom stereocenters. The Bertz CT molecular complexity index is 151. The SMILES string of the molecule is CCOC(=O)C1CC[NH+](C)CC1. The van der Waals surface area contributed by atoms with Crippen LogP contribution in [0.25, 0.3) is 0 Å². The normalized spacial score (nSPS) is 29.8. The number of hydrogen-bond acceptors (Lipinski definition) is 2. The average molecular weight is 172 g/mol. The van der Waals surface area contributed by atoms with Crippen molar-refractivity contribution in [1.82, 2.24) is 0 Å². The topological polar surface area (TPSA) is 30.7 Å². The fraction of sp³-hybridized carbons (Fsp3) is 0.889. The average Bonchev–Trinajstić information content (AvgIpc) is 2.06. The Hall–Kier alpha value is -0.570. The maximum atomic E-state index is 11.3. The molecule has 3 nitrogen and oxygen atoms in total. The van der Waals surface area contributed by atoms with Crippen LogP contribution >= 0.6 is 0 Å². The number of nitrogens with one attached hydrogen (secondary N) is 1. The van der Waals surface area contributed by atoms with Crippen LogP contribution in [-0.2, 0) is 9.53 Å². The number of quaternary nitrogens is 1. The Labute approximate surface area is 73.7 Å². The summed E-state index contributed by atoms with van der Waals surface area (Å²) in [6.45, 7) is 4.57. The number of likely N-dealkylation sites (tertiary alicyclic amines) is 1. The van der Waals surface area contributed by atoms with Crippen LogP contribution in [0.15, 0.2) is 0 Å². The van der Waals surface area contributed by atoms with E-state index >= 15 is 0 Å². The van der Waals surface area contributed by atoms with Crippen LogP contribution in [0.4, 0.5) is 0 Å². The minimum Gasteiger partial charge on any atom is -0.466 e. The number of carbonyl (C=O) groups is 1. The second-order valence-corrected chi connectivity index (χ2v) is 3.48. The van der Waals surface area contributed by atoms with Crippen LogP contribution in [0.3, 0.4) is 0 Å². The molecule has 3 heteroatoms. The van der Waals surface area contributed by atoms with E-state index in [1.807, 2.05) is 6.92 Å². The maximum absolute atomic E-state index is 11.3. The van der Waals surface area contributed by atoms with E-state index in [1.165, 1.54) is 4.90 Å². The van der Waals surface area contributed by atoms with Crippen molar-refractivity contribution in [2.24, 2.45) is 5.92 Å². The summed E-state index contributed by atoms with van der Waals surface area (Å²) in [5.41, 5.74) is 0. The third kappa shape index (κ3) is 2.48. The van der Waals surface area contributed by atoms with Gasteiger partial charge in [0.15, 0.2) is 0 Å². The van der Waals surface area contributed by atoms with Gasteiger partial charge >= 0.3 is 5.97 Å². The van der Waals surface area contributed by atoms with Crippen molar-refractivity contribution < 1.29 is 14.4 Å². The number of ether oxygens (including phenoxy) is 1. The Morgan fingerprint density at radius 2 is 2.08 bits per heavy atom. The van der Waals surface area contributed by atoms with E-state index < -0.39 is 0 Å². The number of hydrogen-bond donors (Lipinski definition) is 1.